The lowest BCUT2D eigenvalue weighted by Crippen LogP contribution is -2.37. The van der Waals surface area contributed by atoms with Crippen LogP contribution in [0.2, 0.25) is 0 Å². The molecule has 1 unspecified atom stereocenters. The predicted octanol–water partition coefficient (Wildman–Crippen LogP) is 1.79. The van der Waals surface area contributed by atoms with Crippen LogP contribution < -0.4 is 5.32 Å². The number of aryl methyl sites for hydroxylation is 1. The van der Waals surface area contributed by atoms with E-state index in [9.17, 15) is 13.2 Å². The van der Waals surface area contributed by atoms with E-state index >= 15 is 0 Å². The Morgan fingerprint density at radius 2 is 1.84 bits per heavy atom. The molecule has 1 saturated heterocycles. The number of sulfone groups is 1. The molecule has 1 amide bonds. The van der Waals surface area contributed by atoms with Gasteiger partial charge in [0.25, 0.3) is 5.91 Å². The van der Waals surface area contributed by atoms with Gasteiger partial charge >= 0.3 is 0 Å². The third-order valence-electron chi connectivity index (χ3n) is 4.28. The number of rotatable bonds is 4. The highest BCUT2D eigenvalue weighted by molar-refractivity contribution is 7.91. The Labute approximate surface area is 147 Å². The summed E-state index contributed by atoms with van der Waals surface area (Å²) >= 11 is 0. The molecule has 2 heterocycles. The Bertz CT molecular complexity index is 864. The number of carbonyl (C=O) groups is 1. The fourth-order valence-electron chi connectivity index (χ4n) is 2.72. The van der Waals surface area contributed by atoms with Crippen molar-refractivity contribution in [3.8, 4) is 0 Å². The SMILES string of the molecule is Cc1ccc(Nc2ncc(C(=O)N(C)C3CCS(=O)(=O)C3)cn2)cc1. The van der Waals surface area contributed by atoms with Crippen LogP contribution in [0.1, 0.15) is 22.3 Å². The van der Waals surface area contributed by atoms with Gasteiger partial charge in [0.1, 0.15) is 0 Å². The van der Waals surface area contributed by atoms with Crippen molar-refractivity contribution in [3.63, 3.8) is 0 Å². The largest absolute Gasteiger partial charge is 0.338 e. The zero-order valence-corrected chi connectivity index (χ0v) is 15.0. The standard InChI is InChI=1S/C17H20N4O3S/c1-12-3-5-14(6-4-12)20-17-18-9-13(10-19-17)16(22)21(2)15-7-8-25(23,24)11-15/h3-6,9-10,15H,7-8,11H2,1-2H3,(H,18,19,20). The van der Waals surface area contributed by atoms with Crippen molar-refractivity contribution in [1.29, 1.82) is 0 Å². The van der Waals surface area contributed by atoms with E-state index in [-0.39, 0.29) is 23.5 Å². The van der Waals surface area contributed by atoms with Crippen LogP contribution in [0.25, 0.3) is 0 Å². The van der Waals surface area contributed by atoms with Gasteiger partial charge in [-0.2, -0.15) is 0 Å². The van der Waals surface area contributed by atoms with Gasteiger partial charge in [-0.05, 0) is 25.5 Å². The molecule has 1 aliphatic rings. The van der Waals surface area contributed by atoms with E-state index in [1.807, 2.05) is 31.2 Å². The molecule has 0 saturated carbocycles. The van der Waals surface area contributed by atoms with E-state index < -0.39 is 9.84 Å². The molecule has 2 aromatic rings. The first-order valence-corrected chi connectivity index (χ1v) is 9.79. The second-order valence-electron chi connectivity index (χ2n) is 6.26. The highest BCUT2D eigenvalue weighted by Crippen LogP contribution is 2.19. The van der Waals surface area contributed by atoms with Crippen LogP contribution in [0.3, 0.4) is 0 Å². The number of hydrogen-bond acceptors (Lipinski definition) is 6. The van der Waals surface area contributed by atoms with Gasteiger partial charge in [-0.3, -0.25) is 4.79 Å². The average molecular weight is 360 g/mol. The van der Waals surface area contributed by atoms with Crippen LogP contribution in [-0.4, -0.2) is 53.8 Å². The van der Waals surface area contributed by atoms with Crippen LogP contribution >= 0.6 is 0 Å². The van der Waals surface area contributed by atoms with Crippen LogP contribution in [-0.2, 0) is 9.84 Å². The van der Waals surface area contributed by atoms with Crippen LogP contribution in [0.4, 0.5) is 11.6 Å². The second-order valence-corrected chi connectivity index (χ2v) is 8.49. The van der Waals surface area contributed by atoms with Crippen molar-refractivity contribution in [2.45, 2.75) is 19.4 Å². The Hall–Kier alpha value is -2.48. The zero-order valence-electron chi connectivity index (χ0n) is 14.1. The first-order chi connectivity index (χ1) is 11.8. The van der Waals surface area contributed by atoms with Crippen molar-refractivity contribution >= 4 is 27.4 Å². The fourth-order valence-corrected chi connectivity index (χ4v) is 4.49. The van der Waals surface area contributed by atoms with Gasteiger partial charge in [0, 0.05) is 31.2 Å². The molecule has 1 fully saturated rings. The molecular weight excluding hydrogens is 340 g/mol. The predicted molar refractivity (Wildman–Crippen MR) is 95.6 cm³/mol. The third-order valence-corrected chi connectivity index (χ3v) is 6.03. The summed E-state index contributed by atoms with van der Waals surface area (Å²) in [5, 5.41) is 3.07. The van der Waals surface area contributed by atoms with Crippen LogP contribution in [0, 0.1) is 6.92 Å². The average Bonchev–Trinajstić information content (AvgIpc) is 2.96. The maximum absolute atomic E-state index is 12.5. The van der Waals surface area contributed by atoms with Gasteiger partial charge in [0.05, 0.1) is 17.1 Å². The highest BCUT2D eigenvalue weighted by atomic mass is 32.2. The topological polar surface area (TPSA) is 92.3 Å². The normalized spacial score (nSPS) is 18.7. The van der Waals surface area contributed by atoms with Crippen molar-refractivity contribution in [1.82, 2.24) is 14.9 Å². The van der Waals surface area contributed by atoms with E-state index in [2.05, 4.69) is 15.3 Å². The number of anilines is 2. The minimum Gasteiger partial charge on any atom is -0.338 e. The third kappa shape index (κ3) is 4.14. The molecule has 8 heteroatoms. The Balaban J connectivity index is 1.67. The molecule has 7 nitrogen and oxygen atoms in total. The molecular formula is C17H20N4O3S. The number of amides is 1. The van der Waals surface area contributed by atoms with E-state index in [4.69, 9.17) is 0 Å². The molecule has 0 bridgehead atoms. The molecule has 1 N–H and O–H groups in total. The van der Waals surface area contributed by atoms with Crippen molar-refractivity contribution in [3.05, 3.63) is 47.8 Å². The smallest absolute Gasteiger partial charge is 0.257 e. The van der Waals surface area contributed by atoms with E-state index in [0.29, 0.717) is 17.9 Å². The number of hydrogen-bond donors (Lipinski definition) is 1. The molecule has 132 valence electrons. The number of nitrogens with one attached hydrogen (secondary N) is 1. The van der Waals surface area contributed by atoms with Gasteiger partial charge in [-0.1, -0.05) is 17.7 Å². The molecule has 1 aliphatic heterocycles. The number of benzene rings is 1. The lowest BCUT2D eigenvalue weighted by molar-refractivity contribution is 0.0747. The van der Waals surface area contributed by atoms with Gasteiger partial charge in [0.15, 0.2) is 9.84 Å². The summed E-state index contributed by atoms with van der Waals surface area (Å²) in [7, 11) is -1.42. The summed E-state index contributed by atoms with van der Waals surface area (Å²) < 4.78 is 23.1. The lowest BCUT2D eigenvalue weighted by Gasteiger charge is -2.23. The zero-order chi connectivity index (χ0) is 18.0. The molecule has 3 rings (SSSR count). The maximum Gasteiger partial charge on any atom is 0.257 e. The summed E-state index contributed by atoms with van der Waals surface area (Å²) in [6.45, 7) is 2.01. The number of aromatic nitrogens is 2. The highest BCUT2D eigenvalue weighted by Gasteiger charge is 2.33. The summed E-state index contributed by atoms with van der Waals surface area (Å²) in [5.41, 5.74) is 2.35. The van der Waals surface area contributed by atoms with Crippen molar-refractivity contribution < 1.29 is 13.2 Å². The Morgan fingerprint density at radius 3 is 2.40 bits per heavy atom. The summed E-state index contributed by atoms with van der Waals surface area (Å²) in [6, 6.07) is 7.51. The van der Waals surface area contributed by atoms with E-state index in [1.165, 1.54) is 17.3 Å². The molecule has 0 aliphatic carbocycles. The lowest BCUT2D eigenvalue weighted by atomic mass is 10.2. The summed E-state index contributed by atoms with van der Waals surface area (Å²) in [5.74, 6) is 0.268. The molecule has 1 aromatic heterocycles. The first-order valence-electron chi connectivity index (χ1n) is 7.97. The first kappa shape index (κ1) is 17.3. The second kappa shape index (κ2) is 6.79. The molecule has 25 heavy (non-hydrogen) atoms. The molecule has 0 spiro atoms. The number of nitrogens with zero attached hydrogens (tertiary/aromatic N) is 3. The van der Waals surface area contributed by atoms with Gasteiger partial charge in [0.2, 0.25) is 5.95 Å². The molecule has 1 aromatic carbocycles. The minimum absolute atomic E-state index is 0.0170. The minimum atomic E-state index is -3.04. The maximum atomic E-state index is 12.5. The number of carbonyl (C=O) groups excluding carboxylic acids is 1. The Morgan fingerprint density at radius 1 is 1.20 bits per heavy atom. The molecule has 1 atom stereocenters. The van der Waals surface area contributed by atoms with Crippen LogP contribution in [0.15, 0.2) is 36.7 Å². The summed E-state index contributed by atoms with van der Waals surface area (Å²) in [4.78, 5) is 22.3. The van der Waals surface area contributed by atoms with Crippen molar-refractivity contribution in [2.75, 3.05) is 23.9 Å². The fraction of sp³-hybridized carbons (Fsp3) is 0.353. The quantitative estimate of drug-likeness (QED) is 0.894. The van der Waals surface area contributed by atoms with Gasteiger partial charge in [-0.15, -0.1) is 0 Å². The molecule has 0 radical (unpaired) electrons. The van der Waals surface area contributed by atoms with Crippen LogP contribution in [0.5, 0.6) is 0 Å². The van der Waals surface area contributed by atoms with E-state index in [0.717, 1.165) is 11.3 Å². The van der Waals surface area contributed by atoms with E-state index in [1.54, 1.807) is 7.05 Å². The Kier molecular flexibility index (Phi) is 4.71. The monoisotopic (exact) mass is 360 g/mol. The van der Waals surface area contributed by atoms with Crippen molar-refractivity contribution in [2.24, 2.45) is 0 Å². The van der Waals surface area contributed by atoms with Gasteiger partial charge in [-0.25, -0.2) is 18.4 Å². The summed E-state index contributed by atoms with van der Waals surface area (Å²) in [6.07, 6.45) is 3.37. The van der Waals surface area contributed by atoms with Gasteiger partial charge < -0.3 is 10.2 Å².